The van der Waals surface area contributed by atoms with E-state index in [9.17, 15) is 4.79 Å². The van der Waals surface area contributed by atoms with Crippen LogP contribution in [0.25, 0.3) is 0 Å². The first-order chi connectivity index (χ1) is 10.2. The number of H-pyrrole nitrogens is 1. The van der Waals surface area contributed by atoms with Crippen LogP contribution in [0, 0.1) is 0 Å². The molecule has 1 aliphatic rings. The predicted octanol–water partition coefficient (Wildman–Crippen LogP) is 2.27. The van der Waals surface area contributed by atoms with E-state index in [4.69, 9.17) is 0 Å². The molecule has 0 radical (unpaired) electrons. The highest BCUT2D eigenvalue weighted by atomic mass is 16.2. The van der Waals surface area contributed by atoms with Gasteiger partial charge in [0.25, 0.3) is 0 Å². The Labute approximate surface area is 124 Å². The van der Waals surface area contributed by atoms with Crippen molar-refractivity contribution in [3.05, 3.63) is 47.5 Å². The number of amides is 1. The molecule has 1 N–H and O–H groups in total. The Morgan fingerprint density at radius 1 is 1.33 bits per heavy atom. The first-order valence-corrected chi connectivity index (χ1v) is 7.46. The van der Waals surface area contributed by atoms with Gasteiger partial charge in [-0.3, -0.25) is 9.89 Å². The second kappa shape index (κ2) is 6.08. The Kier molecular flexibility index (Phi) is 3.99. The van der Waals surface area contributed by atoms with E-state index in [1.165, 1.54) is 5.56 Å². The van der Waals surface area contributed by atoms with E-state index in [-0.39, 0.29) is 11.9 Å². The third kappa shape index (κ3) is 3.12. The molecule has 1 amide bonds. The predicted molar refractivity (Wildman–Crippen MR) is 79.6 cm³/mol. The summed E-state index contributed by atoms with van der Waals surface area (Å²) in [4.78, 5) is 18.1. The van der Waals surface area contributed by atoms with Crippen LogP contribution in [-0.2, 0) is 17.6 Å². The number of aromatic nitrogens is 3. The van der Waals surface area contributed by atoms with Crippen molar-refractivity contribution in [2.45, 2.75) is 38.6 Å². The molecule has 1 aromatic heterocycles. The number of nitrogens with zero attached hydrogens (tertiary/aromatic N) is 3. The van der Waals surface area contributed by atoms with Crippen LogP contribution in [0.1, 0.15) is 43.0 Å². The van der Waals surface area contributed by atoms with Crippen molar-refractivity contribution in [2.24, 2.45) is 0 Å². The minimum atomic E-state index is 0.0456. The van der Waals surface area contributed by atoms with Crippen LogP contribution in [0.2, 0.25) is 0 Å². The van der Waals surface area contributed by atoms with Crippen LogP contribution in [0.15, 0.2) is 30.3 Å². The standard InChI is InChI=1S/C16H20N4O/c1-12(21)20-11-5-8-14(20)16-17-15(18-19-16)10-9-13-6-3-2-4-7-13/h2-4,6-7,14H,5,8-11H2,1H3,(H,17,18,19)/t14-/m0/s1. The van der Waals surface area contributed by atoms with Crippen molar-refractivity contribution in [1.29, 1.82) is 0 Å². The second-order valence-electron chi connectivity index (χ2n) is 5.50. The largest absolute Gasteiger partial charge is 0.333 e. The van der Waals surface area contributed by atoms with Crippen molar-refractivity contribution in [3.8, 4) is 0 Å². The molecule has 0 bridgehead atoms. The normalized spacial score (nSPS) is 18.1. The molecule has 0 aliphatic carbocycles. The molecule has 0 saturated carbocycles. The average Bonchev–Trinajstić information content (AvgIpc) is 3.15. The third-order valence-electron chi connectivity index (χ3n) is 4.00. The molecule has 2 aromatic rings. The molecule has 2 heterocycles. The topological polar surface area (TPSA) is 61.9 Å². The number of likely N-dealkylation sites (tertiary alicyclic amines) is 1. The smallest absolute Gasteiger partial charge is 0.220 e. The van der Waals surface area contributed by atoms with Gasteiger partial charge in [-0.1, -0.05) is 30.3 Å². The van der Waals surface area contributed by atoms with Crippen LogP contribution in [0.3, 0.4) is 0 Å². The lowest BCUT2D eigenvalue weighted by Gasteiger charge is -2.20. The number of rotatable bonds is 4. The maximum Gasteiger partial charge on any atom is 0.220 e. The quantitative estimate of drug-likeness (QED) is 0.937. The summed E-state index contributed by atoms with van der Waals surface area (Å²) in [5, 5.41) is 7.33. The summed E-state index contributed by atoms with van der Waals surface area (Å²) in [5.41, 5.74) is 1.29. The van der Waals surface area contributed by atoms with Gasteiger partial charge in [0.2, 0.25) is 5.91 Å². The van der Waals surface area contributed by atoms with Gasteiger partial charge in [0.05, 0.1) is 6.04 Å². The SMILES string of the molecule is CC(=O)N1CCC[C@H]1c1n[nH]c(CCc2ccccc2)n1. The van der Waals surface area contributed by atoms with E-state index >= 15 is 0 Å². The lowest BCUT2D eigenvalue weighted by atomic mass is 10.1. The molecule has 5 heteroatoms. The van der Waals surface area contributed by atoms with Gasteiger partial charge in [-0.25, -0.2) is 4.98 Å². The molecule has 1 aliphatic heterocycles. The summed E-state index contributed by atoms with van der Waals surface area (Å²) in [5.74, 6) is 1.75. The summed E-state index contributed by atoms with van der Waals surface area (Å²) in [6, 6.07) is 10.4. The molecule has 1 fully saturated rings. The molecule has 0 unspecified atom stereocenters. The molecule has 110 valence electrons. The van der Waals surface area contributed by atoms with Gasteiger partial charge >= 0.3 is 0 Å². The van der Waals surface area contributed by atoms with Gasteiger partial charge in [0.1, 0.15) is 5.82 Å². The number of hydrogen-bond acceptors (Lipinski definition) is 3. The molecular formula is C16H20N4O. The highest BCUT2D eigenvalue weighted by molar-refractivity contribution is 5.74. The van der Waals surface area contributed by atoms with E-state index in [0.29, 0.717) is 0 Å². The second-order valence-corrected chi connectivity index (χ2v) is 5.50. The summed E-state index contributed by atoms with van der Waals surface area (Å²) in [7, 11) is 0. The third-order valence-corrected chi connectivity index (χ3v) is 4.00. The fourth-order valence-electron chi connectivity index (χ4n) is 2.89. The van der Waals surface area contributed by atoms with Crippen molar-refractivity contribution in [2.75, 3.05) is 6.54 Å². The van der Waals surface area contributed by atoms with Crippen LogP contribution in [0.5, 0.6) is 0 Å². The van der Waals surface area contributed by atoms with E-state index < -0.39 is 0 Å². The Morgan fingerprint density at radius 2 is 2.14 bits per heavy atom. The number of aromatic amines is 1. The fraction of sp³-hybridized carbons (Fsp3) is 0.438. The summed E-state index contributed by atoms with van der Waals surface area (Å²) >= 11 is 0. The van der Waals surface area contributed by atoms with E-state index in [1.54, 1.807) is 6.92 Å². The van der Waals surface area contributed by atoms with Crippen molar-refractivity contribution >= 4 is 5.91 Å². The number of aryl methyl sites for hydroxylation is 2. The first-order valence-electron chi connectivity index (χ1n) is 7.46. The molecule has 1 atom stereocenters. The zero-order valence-corrected chi connectivity index (χ0v) is 12.2. The number of hydrogen-bond donors (Lipinski definition) is 1. The highest BCUT2D eigenvalue weighted by Crippen LogP contribution is 2.29. The maximum absolute atomic E-state index is 11.6. The van der Waals surface area contributed by atoms with Crippen LogP contribution >= 0.6 is 0 Å². The van der Waals surface area contributed by atoms with Gasteiger partial charge in [-0.15, -0.1) is 0 Å². The lowest BCUT2D eigenvalue weighted by Crippen LogP contribution is -2.28. The number of carbonyl (C=O) groups excluding carboxylic acids is 1. The van der Waals surface area contributed by atoms with Crippen LogP contribution < -0.4 is 0 Å². The lowest BCUT2D eigenvalue weighted by molar-refractivity contribution is -0.129. The number of carbonyl (C=O) groups is 1. The minimum Gasteiger partial charge on any atom is -0.333 e. The molecule has 21 heavy (non-hydrogen) atoms. The Hall–Kier alpha value is -2.17. The van der Waals surface area contributed by atoms with Gasteiger partial charge in [-0.05, 0) is 24.8 Å². The van der Waals surface area contributed by atoms with Gasteiger partial charge in [0.15, 0.2) is 5.82 Å². The van der Waals surface area contributed by atoms with Crippen molar-refractivity contribution < 1.29 is 4.79 Å². The average molecular weight is 284 g/mol. The monoisotopic (exact) mass is 284 g/mol. The van der Waals surface area contributed by atoms with E-state index in [0.717, 1.165) is 43.9 Å². The van der Waals surface area contributed by atoms with E-state index in [1.807, 2.05) is 23.1 Å². The molecule has 1 aromatic carbocycles. The zero-order chi connectivity index (χ0) is 14.7. The fourth-order valence-corrected chi connectivity index (χ4v) is 2.89. The first kappa shape index (κ1) is 13.8. The Bertz CT molecular complexity index is 608. The van der Waals surface area contributed by atoms with Gasteiger partial charge < -0.3 is 4.90 Å². The Balaban J connectivity index is 1.65. The molecule has 3 rings (SSSR count). The van der Waals surface area contributed by atoms with Gasteiger partial charge in [-0.2, -0.15) is 5.10 Å². The van der Waals surface area contributed by atoms with Crippen molar-refractivity contribution in [3.63, 3.8) is 0 Å². The summed E-state index contributed by atoms with van der Waals surface area (Å²) in [6.07, 6.45) is 3.76. The molecule has 1 saturated heterocycles. The summed E-state index contributed by atoms with van der Waals surface area (Å²) in [6.45, 7) is 2.43. The molecule has 0 spiro atoms. The van der Waals surface area contributed by atoms with Crippen LogP contribution in [0.4, 0.5) is 0 Å². The number of benzene rings is 1. The zero-order valence-electron chi connectivity index (χ0n) is 12.2. The van der Waals surface area contributed by atoms with Crippen LogP contribution in [-0.4, -0.2) is 32.5 Å². The van der Waals surface area contributed by atoms with E-state index in [2.05, 4.69) is 27.3 Å². The summed E-state index contributed by atoms with van der Waals surface area (Å²) < 4.78 is 0. The van der Waals surface area contributed by atoms with Crippen molar-refractivity contribution in [1.82, 2.24) is 20.1 Å². The highest BCUT2D eigenvalue weighted by Gasteiger charge is 2.30. The maximum atomic E-state index is 11.6. The molecular weight excluding hydrogens is 264 g/mol. The Morgan fingerprint density at radius 3 is 2.90 bits per heavy atom. The number of nitrogens with one attached hydrogen (secondary N) is 1. The van der Waals surface area contributed by atoms with Gasteiger partial charge in [0, 0.05) is 19.9 Å². The minimum absolute atomic E-state index is 0.0456. The molecule has 5 nitrogen and oxygen atoms in total.